The molecule has 0 saturated heterocycles. The van der Waals surface area contributed by atoms with Gasteiger partial charge in [-0.25, -0.2) is 0 Å². The van der Waals surface area contributed by atoms with Gasteiger partial charge in [-0.1, -0.05) is 17.7 Å². The fraction of sp³-hybridized carbons (Fsp3) is 0.385. The lowest BCUT2D eigenvalue weighted by molar-refractivity contribution is -0.120. The first-order valence-electron chi connectivity index (χ1n) is 5.66. The zero-order chi connectivity index (χ0) is 12.8. The van der Waals surface area contributed by atoms with Crippen LogP contribution in [0.3, 0.4) is 0 Å². The molecule has 1 aromatic rings. The Morgan fingerprint density at radius 2 is 1.88 bits per heavy atom. The molecular formula is C13H18N2O2. The van der Waals surface area contributed by atoms with Gasteiger partial charge in [0, 0.05) is 12.1 Å². The smallest absolute Gasteiger partial charge is 0.251 e. The molecular weight excluding hydrogens is 216 g/mol. The van der Waals surface area contributed by atoms with Crippen LogP contribution >= 0.6 is 0 Å². The molecule has 17 heavy (non-hydrogen) atoms. The largest absolute Gasteiger partial charge is 0.355 e. The van der Waals surface area contributed by atoms with E-state index in [2.05, 4.69) is 10.6 Å². The van der Waals surface area contributed by atoms with Crippen LogP contribution in [0.4, 0.5) is 0 Å². The highest BCUT2D eigenvalue weighted by atomic mass is 16.2. The summed E-state index contributed by atoms with van der Waals surface area (Å²) in [6.07, 6.45) is 0. The Bertz CT molecular complexity index is 427. The van der Waals surface area contributed by atoms with Crippen molar-refractivity contribution in [1.82, 2.24) is 10.6 Å². The lowest BCUT2D eigenvalue weighted by Crippen LogP contribution is -2.37. The third-order valence-corrected chi connectivity index (χ3v) is 2.42. The van der Waals surface area contributed by atoms with Crippen molar-refractivity contribution in [3.05, 3.63) is 34.9 Å². The predicted molar refractivity (Wildman–Crippen MR) is 66.9 cm³/mol. The molecule has 0 unspecified atom stereocenters. The van der Waals surface area contributed by atoms with Gasteiger partial charge in [0.15, 0.2) is 0 Å². The first kappa shape index (κ1) is 13.2. The van der Waals surface area contributed by atoms with Gasteiger partial charge in [0.05, 0.1) is 6.54 Å². The van der Waals surface area contributed by atoms with Gasteiger partial charge in [0.1, 0.15) is 0 Å². The van der Waals surface area contributed by atoms with Gasteiger partial charge < -0.3 is 10.6 Å². The minimum absolute atomic E-state index is 0.0139. The quantitative estimate of drug-likeness (QED) is 0.821. The molecule has 0 atom stereocenters. The number of carbonyl (C=O) groups excluding carboxylic acids is 2. The first-order chi connectivity index (χ1) is 8.04. The lowest BCUT2D eigenvalue weighted by Gasteiger charge is -2.08. The van der Waals surface area contributed by atoms with E-state index in [1.807, 2.05) is 39.0 Å². The molecule has 2 N–H and O–H groups in total. The van der Waals surface area contributed by atoms with Crippen LogP contribution in [0.2, 0.25) is 0 Å². The summed E-state index contributed by atoms with van der Waals surface area (Å²) in [5.41, 5.74) is 2.55. The summed E-state index contributed by atoms with van der Waals surface area (Å²) in [5, 5.41) is 5.23. The standard InChI is InChI=1S/C13H18N2O2/c1-4-14-12(16)8-15-13(17)11-7-9(2)5-6-10(11)3/h5-7H,4,8H2,1-3H3,(H,14,16)(H,15,17). The van der Waals surface area contributed by atoms with E-state index in [0.29, 0.717) is 12.1 Å². The van der Waals surface area contributed by atoms with Crippen molar-refractivity contribution in [2.45, 2.75) is 20.8 Å². The van der Waals surface area contributed by atoms with Crippen LogP contribution in [0.5, 0.6) is 0 Å². The fourth-order valence-electron chi connectivity index (χ4n) is 1.50. The molecule has 0 heterocycles. The summed E-state index contributed by atoms with van der Waals surface area (Å²) >= 11 is 0. The number of benzene rings is 1. The third-order valence-electron chi connectivity index (χ3n) is 2.42. The highest BCUT2D eigenvalue weighted by Gasteiger charge is 2.10. The molecule has 1 aromatic carbocycles. The topological polar surface area (TPSA) is 58.2 Å². The average Bonchev–Trinajstić information content (AvgIpc) is 2.29. The van der Waals surface area contributed by atoms with Crippen molar-refractivity contribution >= 4 is 11.8 Å². The molecule has 4 heteroatoms. The number of likely N-dealkylation sites (N-methyl/N-ethyl adjacent to an activating group) is 1. The molecule has 0 saturated carbocycles. The molecule has 1 rings (SSSR count). The van der Waals surface area contributed by atoms with E-state index in [-0.39, 0.29) is 18.4 Å². The maximum absolute atomic E-state index is 11.8. The monoisotopic (exact) mass is 234 g/mol. The highest BCUT2D eigenvalue weighted by Crippen LogP contribution is 2.10. The van der Waals surface area contributed by atoms with E-state index in [9.17, 15) is 9.59 Å². The summed E-state index contributed by atoms with van der Waals surface area (Å²) in [6.45, 7) is 6.23. The van der Waals surface area contributed by atoms with Gasteiger partial charge in [-0.2, -0.15) is 0 Å². The Hall–Kier alpha value is -1.84. The van der Waals surface area contributed by atoms with Crippen molar-refractivity contribution in [3.63, 3.8) is 0 Å². The zero-order valence-corrected chi connectivity index (χ0v) is 10.5. The van der Waals surface area contributed by atoms with Crippen LogP contribution in [0.1, 0.15) is 28.4 Å². The van der Waals surface area contributed by atoms with E-state index in [1.165, 1.54) is 0 Å². The van der Waals surface area contributed by atoms with Crippen molar-refractivity contribution in [2.24, 2.45) is 0 Å². The number of nitrogens with one attached hydrogen (secondary N) is 2. The van der Waals surface area contributed by atoms with E-state index in [0.717, 1.165) is 11.1 Å². The molecule has 0 spiro atoms. The van der Waals surface area contributed by atoms with Crippen LogP contribution in [-0.4, -0.2) is 24.9 Å². The minimum atomic E-state index is -0.211. The second-order valence-electron chi connectivity index (χ2n) is 3.95. The van der Waals surface area contributed by atoms with Crippen molar-refractivity contribution < 1.29 is 9.59 Å². The van der Waals surface area contributed by atoms with Crippen LogP contribution in [0.15, 0.2) is 18.2 Å². The molecule has 92 valence electrons. The molecule has 4 nitrogen and oxygen atoms in total. The molecule has 0 aromatic heterocycles. The van der Waals surface area contributed by atoms with Gasteiger partial charge in [-0.15, -0.1) is 0 Å². The van der Waals surface area contributed by atoms with Gasteiger partial charge in [0.2, 0.25) is 5.91 Å². The molecule has 0 aliphatic heterocycles. The maximum Gasteiger partial charge on any atom is 0.251 e. The van der Waals surface area contributed by atoms with Gasteiger partial charge in [-0.3, -0.25) is 9.59 Å². The predicted octanol–water partition coefficient (Wildman–Crippen LogP) is 1.17. The number of carbonyl (C=O) groups is 2. The highest BCUT2D eigenvalue weighted by molar-refractivity contribution is 5.97. The summed E-state index contributed by atoms with van der Waals surface area (Å²) < 4.78 is 0. The first-order valence-corrected chi connectivity index (χ1v) is 5.66. The van der Waals surface area contributed by atoms with Crippen molar-refractivity contribution in [2.75, 3.05) is 13.1 Å². The van der Waals surface area contributed by atoms with Crippen molar-refractivity contribution in [1.29, 1.82) is 0 Å². The molecule has 0 aliphatic rings. The number of hydrogen-bond acceptors (Lipinski definition) is 2. The van der Waals surface area contributed by atoms with Crippen LogP contribution in [-0.2, 0) is 4.79 Å². The van der Waals surface area contributed by atoms with E-state index in [1.54, 1.807) is 0 Å². The van der Waals surface area contributed by atoms with Crippen LogP contribution in [0, 0.1) is 13.8 Å². The Balaban J connectivity index is 2.64. The Labute approximate surface area is 101 Å². The Kier molecular flexibility index (Phi) is 4.69. The lowest BCUT2D eigenvalue weighted by atomic mass is 10.1. The average molecular weight is 234 g/mol. The van der Waals surface area contributed by atoms with Gasteiger partial charge >= 0.3 is 0 Å². The molecule has 0 aliphatic carbocycles. The van der Waals surface area contributed by atoms with Gasteiger partial charge in [0.25, 0.3) is 5.91 Å². The fourth-order valence-corrected chi connectivity index (χ4v) is 1.50. The van der Waals surface area contributed by atoms with Crippen molar-refractivity contribution in [3.8, 4) is 0 Å². The second kappa shape index (κ2) is 6.03. The van der Waals surface area contributed by atoms with Crippen LogP contribution in [0.25, 0.3) is 0 Å². The third kappa shape index (κ3) is 3.90. The molecule has 2 amide bonds. The molecule has 0 radical (unpaired) electrons. The summed E-state index contributed by atoms with van der Waals surface area (Å²) in [4.78, 5) is 23.0. The minimum Gasteiger partial charge on any atom is -0.355 e. The van der Waals surface area contributed by atoms with Crippen LogP contribution < -0.4 is 10.6 Å². The number of hydrogen-bond donors (Lipinski definition) is 2. The summed E-state index contributed by atoms with van der Waals surface area (Å²) in [5.74, 6) is -0.386. The van der Waals surface area contributed by atoms with E-state index >= 15 is 0 Å². The Morgan fingerprint density at radius 1 is 1.18 bits per heavy atom. The molecule has 0 fully saturated rings. The normalized spacial score (nSPS) is 9.82. The number of amides is 2. The maximum atomic E-state index is 11.8. The zero-order valence-electron chi connectivity index (χ0n) is 10.5. The van der Waals surface area contributed by atoms with Gasteiger partial charge in [-0.05, 0) is 32.4 Å². The number of aryl methyl sites for hydroxylation is 2. The SMILES string of the molecule is CCNC(=O)CNC(=O)c1cc(C)ccc1C. The second-order valence-corrected chi connectivity index (χ2v) is 3.95. The van der Waals surface area contributed by atoms with E-state index < -0.39 is 0 Å². The number of rotatable bonds is 4. The molecule has 0 bridgehead atoms. The Morgan fingerprint density at radius 3 is 2.53 bits per heavy atom. The summed E-state index contributed by atoms with van der Waals surface area (Å²) in [6, 6.07) is 5.68. The van der Waals surface area contributed by atoms with E-state index in [4.69, 9.17) is 0 Å². The summed E-state index contributed by atoms with van der Waals surface area (Å²) in [7, 11) is 0.